The zero-order chi connectivity index (χ0) is 21.7. The summed E-state index contributed by atoms with van der Waals surface area (Å²) < 4.78 is 9.29. The van der Waals surface area contributed by atoms with Crippen molar-refractivity contribution in [3.63, 3.8) is 0 Å². The van der Waals surface area contributed by atoms with E-state index in [9.17, 15) is 19.2 Å². The highest BCUT2D eigenvalue weighted by Gasteiger charge is 2.34. The van der Waals surface area contributed by atoms with Crippen LogP contribution < -0.4 is 5.32 Å². The maximum absolute atomic E-state index is 12.6. The summed E-state index contributed by atoms with van der Waals surface area (Å²) in [6.07, 6.45) is 1.59. The van der Waals surface area contributed by atoms with Gasteiger partial charge < -0.3 is 14.8 Å². The molecule has 154 valence electrons. The summed E-state index contributed by atoms with van der Waals surface area (Å²) in [4.78, 5) is 49.1. The van der Waals surface area contributed by atoms with Crippen molar-refractivity contribution in [1.29, 1.82) is 0 Å². The number of amides is 2. The molecule has 9 heteroatoms. The van der Waals surface area contributed by atoms with Gasteiger partial charge in [0.1, 0.15) is 0 Å². The van der Waals surface area contributed by atoms with Crippen LogP contribution in [0.2, 0.25) is 0 Å². The summed E-state index contributed by atoms with van der Waals surface area (Å²) in [6.45, 7) is -0.0130. The van der Waals surface area contributed by atoms with Crippen LogP contribution in [0.15, 0.2) is 53.4 Å². The Hall–Kier alpha value is -3.59. The van der Waals surface area contributed by atoms with E-state index in [2.05, 4.69) is 14.8 Å². The van der Waals surface area contributed by atoms with Crippen molar-refractivity contribution in [1.82, 2.24) is 4.90 Å². The number of thioether (sulfide) groups is 1. The van der Waals surface area contributed by atoms with Gasteiger partial charge in [0.2, 0.25) is 0 Å². The zero-order valence-corrected chi connectivity index (χ0v) is 17.0. The predicted molar refractivity (Wildman–Crippen MR) is 112 cm³/mol. The first kappa shape index (κ1) is 21.1. The number of carbonyl (C=O) groups excluding carboxylic acids is 4. The molecule has 1 aliphatic heterocycles. The number of ether oxygens (including phenoxy) is 2. The molecule has 30 heavy (non-hydrogen) atoms. The molecule has 0 bridgehead atoms. The van der Waals surface area contributed by atoms with Gasteiger partial charge in [-0.15, -0.1) is 0 Å². The van der Waals surface area contributed by atoms with Crippen molar-refractivity contribution in [3.05, 3.63) is 70.1 Å². The third kappa shape index (κ3) is 4.69. The van der Waals surface area contributed by atoms with Crippen LogP contribution in [0.5, 0.6) is 0 Å². The number of imide groups is 1. The summed E-state index contributed by atoms with van der Waals surface area (Å²) in [5, 5.41) is 2.59. The smallest absolute Gasteiger partial charge is 0.337 e. The van der Waals surface area contributed by atoms with Gasteiger partial charge in [0.15, 0.2) is 0 Å². The molecule has 0 spiro atoms. The van der Waals surface area contributed by atoms with Crippen molar-refractivity contribution in [2.45, 2.75) is 0 Å². The maximum atomic E-state index is 12.6. The van der Waals surface area contributed by atoms with Crippen molar-refractivity contribution in [3.8, 4) is 0 Å². The molecule has 2 amide bonds. The molecule has 1 N–H and O–H groups in total. The number of esters is 2. The number of benzene rings is 2. The largest absolute Gasteiger partial charge is 0.465 e. The van der Waals surface area contributed by atoms with Crippen molar-refractivity contribution >= 4 is 46.6 Å². The number of nitrogens with one attached hydrogen (secondary N) is 1. The lowest BCUT2D eigenvalue weighted by Gasteiger charge is -2.14. The molecule has 2 aromatic carbocycles. The molecule has 2 aromatic rings. The molecular formula is C21H18N2O6S. The maximum Gasteiger partial charge on any atom is 0.337 e. The lowest BCUT2D eigenvalue weighted by Crippen LogP contribution is -2.33. The Bertz CT molecular complexity index is 1010. The van der Waals surface area contributed by atoms with E-state index in [-0.39, 0.29) is 11.6 Å². The van der Waals surface area contributed by atoms with Crippen LogP contribution in [-0.4, -0.2) is 48.9 Å². The molecule has 8 nitrogen and oxygen atoms in total. The fourth-order valence-corrected chi connectivity index (χ4v) is 3.47. The van der Waals surface area contributed by atoms with Crippen LogP contribution in [0, 0.1) is 0 Å². The third-order valence-corrected chi connectivity index (χ3v) is 5.16. The predicted octanol–water partition coefficient (Wildman–Crippen LogP) is 3.37. The minimum absolute atomic E-state index is 0.0130. The van der Waals surface area contributed by atoms with E-state index in [4.69, 9.17) is 0 Å². The van der Waals surface area contributed by atoms with E-state index >= 15 is 0 Å². The molecule has 0 aromatic heterocycles. The Labute approximate surface area is 176 Å². The Morgan fingerprint density at radius 2 is 1.47 bits per heavy atom. The first-order chi connectivity index (χ1) is 14.4. The highest BCUT2D eigenvalue weighted by atomic mass is 32.2. The number of hydrogen-bond donors (Lipinski definition) is 1. The van der Waals surface area contributed by atoms with E-state index in [1.54, 1.807) is 54.6 Å². The van der Waals surface area contributed by atoms with Gasteiger partial charge in [-0.2, -0.15) is 0 Å². The summed E-state index contributed by atoms with van der Waals surface area (Å²) in [7, 11) is 2.60. The minimum atomic E-state index is -0.451. The molecule has 0 aliphatic carbocycles. The highest BCUT2D eigenvalue weighted by molar-refractivity contribution is 8.18. The molecule has 1 fully saturated rings. The zero-order valence-electron chi connectivity index (χ0n) is 16.2. The molecule has 0 unspecified atom stereocenters. The quantitative estimate of drug-likeness (QED) is 0.554. The fraction of sp³-hybridized carbons (Fsp3) is 0.143. The second-order valence-electron chi connectivity index (χ2n) is 6.13. The standard InChI is InChI=1S/C21H18N2O6S/c1-28-19(25)14-5-3-13(4-6-14)11-17-18(24)23(21(27)30-17)12-22-16-9-7-15(8-10-16)20(26)29-2/h3-11,22H,12H2,1-2H3/b17-11+. The van der Waals surface area contributed by atoms with Crippen LogP contribution >= 0.6 is 11.8 Å². The SMILES string of the molecule is COC(=O)c1ccc(/C=C2/SC(=O)N(CNc3ccc(C(=O)OC)cc3)C2=O)cc1. The van der Waals surface area contributed by atoms with E-state index < -0.39 is 23.1 Å². The monoisotopic (exact) mass is 426 g/mol. The van der Waals surface area contributed by atoms with E-state index in [1.807, 2.05) is 0 Å². The van der Waals surface area contributed by atoms with E-state index in [0.29, 0.717) is 22.4 Å². The Kier molecular flexibility index (Phi) is 6.53. The second kappa shape index (κ2) is 9.27. The number of hydrogen-bond acceptors (Lipinski definition) is 8. The van der Waals surface area contributed by atoms with Gasteiger partial charge in [0, 0.05) is 5.69 Å². The first-order valence-electron chi connectivity index (χ1n) is 8.79. The van der Waals surface area contributed by atoms with Crippen LogP contribution in [0.1, 0.15) is 26.3 Å². The highest BCUT2D eigenvalue weighted by Crippen LogP contribution is 2.32. The third-order valence-electron chi connectivity index (χ3n) is 4.25. The average Bonchev–Trinajstić information content (AvgIpc) is 3.04. The number of anilines is 1. The van der Waals surface area contributed by atoms with Gasteiger partial charge in [-0.1, -0.05) is 12.1 Å². The Morgan fingerprint density at radius 1 is 0.933 bits per heavy atom. The fourth-order valence-electron chi connectivity index (χ4n) is 2.63. The average molecular weight is 426 g/mol. The number of methoxy groups -OCH3 is 2. The van der Waals surface area contributed by atoms with Crippen molar-refractivity contribution < 1.29 is 28.7 Å². The van der Waals surface area contributed by atoms with Crippen LogP contribution in [0.25, 0.3) is 6.08 Å². The molecule has 0 atom stereocenters. The van der Waals surface area contributed by atoms with Crippen molar-refractivity contribution in [2.75, 3.05) is 26.2 Å². The van der Waals surface area contributed by atoms with Crippen LogP contribution in [0.3, 0.4) is 0 Å². The van der Waals surface area contributed by atoms with Gasteiger partial charge in [-0.3, -0.25) is 14.5 Å². The topological polar surface area (TPSA) is 102 Å². The molecule has 0 radical (unpaired) electrons. The van der Waals surface area contributed by atoms with Gasteiger partial charge in [-0.05, 0) is 59.8 Å². The number of nitrogens with zero attached hydrogens (tertiary/aromatic N) is 1. The summed E-state index contributed by atoms with van der Waals surface area (Å²) in [6, 6.07) is 13.0. The first-order valence-corrected chi connectivity index (χ1v) is 9.60. The van der Waals surface area contributed by atoms with E-state index in [1.165, 1.54) is 14.2 Å². The lowest BCUT2D eigenvalue weighted by molar-refractivity contribution is -0.122. The van der Waals surface area contributed by atoms with Crippen molar-refractivity contribution in [2.24, 2.45) is 0 Å². The minimum Gasteiger partial charge on any atom is -0.465 e. The second-order valence-corrected chi connectivity index (χ2v) is 7.12. The molecule has 0 saturated carbocycles. The molecule has 3 rings (SSSR count). The van der Waals surface area contributed by atoms with Crippen LogP contribution in [-0.2, 0) is 14.3 Å². The lowest BCUT2D eigenvalue weighted by atomic mass is 10.1. The number of carbonyl (C=O) groups is 4. The van der Waals surface area contributed by atoms with Crippen LogP contribution in [0.4, 0.5) is 10.5 Å². The Morgan fingerprint density at radius 3 is 2.00 bits per heavy atom. The molecule has 1 aliphatic rings. The Balaban J connectivity index is 1.65. The van der Waals surface area contributed by atoms with E-state index in [0.717, 1.165) is 16.7 Å². The van der Waals surface area contributed by atoms with Gasteiger partial charge in [0.05, 0.1) is 36.9 Å². The summed E-state index contributed by atoms with van der Waals surface area (Å²) >= 11 is 0.842. The normalized spacial score (nSPS) is 14.7. The van der Waals surface area contributed by atoms with Gasteiger partial charge in [-0.25, -0.2) is 9.59 Å². The number of rotatable bonds is 6. The summed E-state index contributed by atoms with van der Waals surface area (Å²) in [5.74, 6) is -1.31. The van der Waals surface area contributed by atoms with Gasteiger partial charge in [0.25, 0.3) is 11.1 Å². The molecule has 1 saturated heterocycles. The summed E-state index contributed by atoms with van der Waals surface area (Å²) in [5.41, 5.74) is 2.11. The molecular weight excluding hydrogens is 408 g/mol. The molecule has 1 heterocycles. The van der Waals surface area contributed by atoms with Gasteiger partial charge >= 0.3 is 11.9 Å².